The van der Waals surface area contributed by atoms with E-state index in [1.54, 1.807) is 48.5 Å². The first-order chi connectivity index (χ1) is 16.7. The van der Waals surface area contributed by atoms with Gasteiger partial charge in [-0.3, -0.25) is 4.79 Å². The molecule has 0 bridgehead atoms. The summed E-state index contributed by atoms with van der Waals surface area (Å²) in [6, 6.07) is 13.2. The van der Waals surface area contributed by atoms with Crippen LogP contribution in [-0.2, 0) is 36.1 Å². The Morgan fingerprint density at radius 1 is 0.886 bits per heavy atom. The molecule has 2 aliphatic heterocycles. The molecule has 0 aromatic heterocycles. The number of rotatable bonds is 7. The highest BCUT2D eigenvalue weighted by atomic mass is 32.2. The zero-order valence-corrected chi connectivity index (χ0v) is 21.4. The standard InChI is InChI=1S/C24H31N3O6S2/c1-19-4-8-22(9-5-19)35(31,32)27-12-2-3-21(18-27)24(28)25-17-20-6-10-23(11-7-20)34(29,30)26-13-15-33-16-14-26/h4-11,21H,2-3,12-18H2,1H3,(H,25,28)/t21-/m1/s1. The van der Waals surface area contributed by atoms with E-state index in [4.69, 9.17) is 4.74 Å². The zero-order valence-electron chi connectivity index (χ0n) is 19.7. The van der Waals surface area contributed by atoms with Crippen molar-refractivity contribution in [3.63, 3.8) is 0 Å². The quantitative estimate of drug-likeness (QED) is 0.594. The predicted molar refractivity (Wildman–Crippen MR) is 131 cm³/mol. The second-order valence-electron chi connectivity index (χ2n) is 8.89. The van der Waals surface area contributed by atoms with E-state index in [0.29, 0.717) is 45.7 Å². The van der Waals surface area contributed by atoms with Crippen LogP contribution >= 0.6 is 0 Å². The first-order valence-corrected chi connectivity index (χ1v) is 14.6. The third kappa shape index (κ3) is 5.92. The summed E-state index contributed by atoms with van der Waals surface area (Å²) in [4.78, 5) is 13.3. The highest BCUT2D eigenvalue weighted by Crippen LogP contribution is 2.24. The van der Waals surface area contributed by atoms with Crippen LogP contribution in [0.1, 0.15) is 24.0 Å². The van der Waals surface area contributed by atoms with E-state index in [1.807, 2.05) is 6.92 Å². The molecule has 2 aromatic carbocycles. The number of morpholine rings is 1. The van der Waals surface area contributed by atoms with Gasteiger partial charge in [0.05, 0.1) is 28.9 Å². The Kier molecular flexibility index (Phi) is 7.92. The Morgan fingerprint density at radius 3 is 2.09 bits per heavy atom. The van der Waals surface area contributed by atoms with Crippen molar-refractivity contribution in [2.75, 3.05) is 39.4 Å². The maximum Gasteiger partial charge on any atom is 0.243 e. The molecule has 1 atom stereocenters. The molecule has 9 nitrogen and oxygen atoms in total. The van der Waals surface area contributed by atoms with Gasteiger partial charge in [0.2, 0.25) is 26.0 Å². The van der Waals surface area contributed by atoms with Crippen molar-refractivity contribution >= 4 is 26.0 Å². The number of sulfonamides is 2. The Bertz CT molecular complexity index is 1240. The molecule has 1 N–H and O–H groups in total. The lowest BCUT2D eigenvalue weighted by molar-refractivity contribution is -0.126. The van der Waals surface area contributed by atoms with E-state index < -0.39 is 26.0 Å². The van der Waals surface area contributed by atoms with Gasteiger partial charge in [-0.2, -0.15) is 8.61 Å². The number of benzene rings is 2. The summed E-state index contributed by atoms with van der Waals surface area (Å²) in [6.45, 7) is 4.09. The number of nitrogens with one attached hydrogen (secondary N) is 1. The van der Waals surface area contributed by atoms with Crippen LogP contribution in [0.15, 0.2) is 58.3 Å². The second-order valence-corrected chi connectivity index (χ2v) is 12.8. The molecular weight excluding hydrogens is 490 g/mol. The van der Waals surface area contributed by atoms with Gasteiger partial charge in [0.15, 0.2) is 0 Å². The van der Waals surface area contributed by atoms with Crippen molar-refractivity contribution in [3.05, 3.63) is 59.7 Å². The topological polar surface area (TPSA) is 113 Å². The molecule has 0 spiro atoms. The molecule has 0 saturated carbocycles. The maximum absolute atomic E-state index is 13.0. The average molecular weight is 522 g/mol. The molecule has 1 amide bonds. The molecule has 0 unspecified atom stereocenters. The van der Waals surface area contributed by atoms with Crippen LogP contribution in [0.25, 0.3) is 0 Å². The second kappa shape index (κ2) is 10.8. The molecule has 4 rings (SSSR count). The van der Waals surface area contributed by atoms with E-state index >= 15 is 0 Å². The molecule has 2 heterocycles. The van der Waals surface area contributed by atoms with Crippen molar-refractivity contribution in [1.29, 1.82) is 0 Å². The summed E-state index contributed by atoms with van der Waals surface area (Å²) < 4.78 is 59.5. The van der Waals surface area contributed by atoms with Gasteiger partial charge in [0.1, 0.15) is 0 Å². The summed E-state index contributed by atoms with van der Waals surface area (Å²) in [5.74, 6) is -0.649. The van der Waals surface area contributed by atoms with Crippen LogP contribution in [0.2, 0.25) is 0 Å². The lowest BCUT2D eigenvalue weighted by atomic mass is 9.99. The molecule has 35 heavy (non-hydrogen) atoms. The molecular formula is C24H31N3O6S2. The molecule has 190 valence electrons. The van der Waals surface area contributed by atoms with Gasteiger partial charge < -0.3 is 10.1 Å². The monoisotopic (exact) mass is 521 g/mol. The van der Waals surface area contributed by atoms with Gasteiger partial charge in [0.25, 0.3) is 0 Å². The third-order valence-electron chi connectivity index (χ3n) is 6.41. The van der Waals surface area contributed by atoms with Crippen molar-refractivity contribution in [1.82, 2.24) is 13.9 Å². The van der Waals surface area contributed by atoms with Crippen molar-refractivity contribution in [3.8, 4) is 0 Å². The predicted octanol–water partition coefficient (Wildman–Crippen LogP) is 1.73. The Balaban J connectivity index is 1.34. The smallest absolute Gasteiger partial charge is 0.243 e. The highest BCUT2D eigenvalue weighted by molar-refractivity contribution is 7.89. The number of hydrogen-bond donors (Lipinski definition) is 1. The van der Waals surface area contributed by atoms with Crippen LogP contribution in [-0.4, -0.2) is 70.7 Å². The van der Waals surface area contributed by atoms with Crippen LogP contribution in [0, 0.1) is 12.8 Å². The van der Waals surface area contributed by atoms with Gasteiger partial charge in [-0.05, 0) is 49.6 Å². The summed E-state index contributed by atoms with van der Waals surface area (Å²) in [5, 5.41) is 2.87. The fourth-order valence-electron chi connectivity index (χ4n) is 4.28. The van der Waals surface area contributed by atoms with Gasteiger partial charge in [0, 0.05) is 32.7 Å². The van der Waals surface area contributed by atoms with Crippen molar-refractivity contribution < 1.29 is 26.4 Å². The van der Waals surface area contributed by atoms with Gasteiger partial charge in [-0.15, -0.1) is 0 Å². The SMILES string of the molecule is Cc1ccc(S(=O)(=O)N2CCC[C@@H](C(=O)NCc3ccc(S(=O)(=O)N4CCOCC4)cc3)C2)cc1. The van der Waals surface area contributed by atoms with E-state index in [0.717, 1.165) is 11.1 Å². The van der Waals surface area contributed by atoms with E-state index in [1.165, 1.54) is 8.61 Å². The molecule has 2 aromatic rings. The fraction of sp³-hybridized carbons (Fsp3) is 0.458. The number of amides is 1. The number of carbonyl (C=O) groups is 1. The molecule has 11 heteroatoms. The summed E-state index contributed by atoms with van der Waals surface area (Å²) >= 11 is 0. The number of piperidine rings is 1. The van der Waals surface area contributed by atoms with Crippen molar-refractivity contribution in [2.45, 2.75) is 36.1 Å². The maximum atomic E-state index is 13.0. The Labute approximate surface area is 207 Å². The zero-order chi connectivity index (χ0) is 25.1. The number of nitrogens with zero attached hydrogens (tertiary/aromatic N) is 2. The minimum absolute atomic E-state index is 0.138. The van der Waals surface area contributed by atoms with Gasteiger partial charge >= 0.3 is 0 Å². The fourth-order valence-corrected chi connectivity index (χ4v) is 7.21. The minimum Gasteiger partial charge on any atom is -0.379 e. The minimum atomic E-state index is -3.66. The Morgan fingerprint density at radius 2 is 1.46 bits per heavy atom. The van der Waals surface area contributed by atoms with E-state index in [2.05, 4.69) is 5.32 Å². The average Bonchev–Trinajstić information content (AvgIpc) is 2.88. The van der Waals surface area contributed by atoms with Crippen molar-refractivity contribution in [2.24, 2.45) is 5.92 Å². The molecule has 0 aliphatic carbocycles. The number of carbonyl (C=O) groups excluding carboxylic acids is 1. The van der Waals surface area contributed by atoms with Crippen LogP contribution in [0.4, 0.5) is 0 Å². The van der Waals surface area contributed by atoms with E-state index in [-0.39, 0.29) is 28.8 Å². The highest BCUT2D eigenvalue weighted by Gasteiger charge is 2.33. The summed E-state index contributed by atoms with van der Waals surface area (Å²) in [5.41, 5.74) is 1.74. The number of ether oxygens (including phenoxy) is 1. The van der Waals surface area contributed by atoms with Crippen LogP contribution in [0.5, 0.6) is 0 Å². The van der Waals surface area contributed by atoms with E-state index in [9.17, 15) is 21.6 Å². The lowest BCUT2D eigenvalue weighted by Gasteiger charge is -2.31. The molecule has 2 aliphatic rings. The van der Waals surface area contributed by atoms with Crippen LogP contribution < -0.4 is 5.32 Å². The molecule has 0 radical (unpaired) electrons. The third-order valence-corrected chi connectivity index (χ3v) is 10.2. The largest absolute Gasteiger partial charge is 0.379 e. The summed E-state index contributed by atoms with van der Waals surface area (Å²) in [7, 11) is -7.23. The summed E-state index contributed by atoms with van der Waals surface area (Å²) in [6.07, 6.45) is 1.22. The first kappa shape index (κ1) is 25.8. The number of aryl methyl sites for hydroxylation is 1. The van der Waals surface area contributed by atoms with Gasteiger partial charge in [-0.1, -0.05) is 29.8 Å². The number of hydrogen-bond acceptors (Lipinski definition) is 6. The van der Waals surface area contributed by atoms with Gasteiger partial charge in [-0.25, -0.2) is 16.8 Å². The lowest BCUT2D eigenvalue weighted by Crippen LogP contribution is -2.45. The molecule has 2 fully saturated rings. The Hall–Kier alpha value is -2.31. The molecule has 2 saturated heterocycles. The first-order valence-electron chi connectivity index (χ1n) is 11.7. The van der Waals surface area contributed by atoms with Crippen LogP contribution in [0.3, 0.4) is 0 Å². The normalized spacial score (nSPS) is 20.4.